The van der Waals surface area contributed by atoms with Crippen LogP contribution in [0.5, 0.6) is 0 Å². The van der Waals surface area contributed by atoms with E-state index in [-0.39, 0.29) is 12.0 Å². The third-order valence-corrected chi connectivity index (χ3v) is 4.98. The van der Waals surface area contributed by atoms with Crippen molar-refractivity contribution >= 4 is 11.6 Å². The fraction of sp³-hybridized carbons (Fsp3) is 0.556. The minimum absolute atomic E-state index is 0.0282. The number of fused-ring (bicyclic) bond motifs is 1. The van der Waals surface area contributed by atoms with Crippen molar-refractivity contribution < 1.29 is 14.6 Å². The Morgan fingerprint density at radius 2 is 2.12 bits per heavy atom. The van der Waals surface area contributed by atoms with Crippen LogP contribution in [0.2, 0.25) is 0 Å². The summed E-state index contributed by atoms with van der Waals surface area (Å²) < 4.78 is 7.35. The lowest BCUT2D eigenvalue weighted by Crippen LogP contribution is -2.42. The number of likely N-dealkylation sites (tertiary alicyclic amines) is 1. The van der Waals surface area contributed by atoms with Crippen molar-refractivity contribution in [2.75, 3.05) is 39.4 Å². The second kappa shape index (κ2) is 7.11. The standard InChI is InChI=1S/C18H24N4O3/c23-14-4-3-6-20(12-14)13-15-17(18(24)21-8-10-25-11-9-21)19-16-5-1-2-7-22(15)16/h1-2,5,7,14,23H,3-4,6,8-13H2/t14-/m0/s1. The Kier molecular flexibility index (Phi) is 4.70. The highest BCUT2D eigenvalue weighted by atomic mass is 16.5. The molecule has 0 spiro atoms. The first-order chi connectivity index (χ1) is 12.2. The molecule has 25 heavy (non-hydrogen) atoms. The number of ether oxygens (including phenoxy) is 1. The van der Waals surface area contributed by atoms with Crippen LogP contribution in [0.4, 0.5) is 0 Å². The highest BCUT2D eigenvalue weighted by molar-refractivity contribution is 5.94. The lowest BCUT2D eigenvalue weighted by molar-refractivity contribution is 0.0296. The Bertz CT molecular complexity index is 754. The third-order valence-electron chi connectivity index (χ3n) is 4.98. The second-order valence-electron chi connectivity index (χ2n) is 6.77. The third kappa shape index (κ3) is 3.40. The predicted octanol–water partition coefficient (Wildman–Crippen LogP) is 0.763. The molecule has 1 atom stereocenters. The molecule has 1 N–H and O–H groups in total. The number of pyridine rings is 1. The highest BCUT2D eigenvalue weighted by Gasteiger charge is 2.27. The van der Waals surface area contributed by atoms with Gasteiger partial charge in [0, 0.05) is 32.4 Å². The number of morpholine rings is 1. The smallest absolute Gasteiger partial charge is 0.274 e. The van der Waals surface area contributed by atoms with E-state index >= 15 is 0 Å². The number of carbonyl (C=O) groups excluding carboxylic acids is 1. The number of piperidine rings is 1. The van der Waals surface area contributed by atoms with Gasteiger partial charge in [-0.25, -0.2) is 4.98 Å². The Hall–Kier alpha value is -1.96. The molecule has 2 aromatic rings. The Morgan fingerprint density at radius 3 is 2.92 bits per heavy atom. The number of rotatable bonds is 3. The average molecular weight is 344 g/mol. The first kappa shape index (κ1) is 16.5. The number of hydrogen-bond donors (Lipinski definition) is 1. The summed E-state index contributed by atoms with van der Waals surface area (Å²) in [5.41, 5.74) is 2.21. The number of aromatic nitrogens is 2. The molecule has 7 nitrogen and oxygen atoms in total. The van der Waals surface area contributed by atoms with E-state index in [0.717, 1.165) is 30.7 Å². The summed E-state index contributed by atoms with van der Waals surface area (Å²) in [4.78, 5) is 21.7. The molecule has 2 saturated heterocycles. The molecule has 0 bridgehead atoms. The summed E-state index contributed by atoms with van der Waals surface area (Å²) >= 11 is 0. The van der Waals surface area contributed by atoms with Gasteiger partial charge >= 0.3 is 0 Å². The molecule has 4 heterocycles. The zero-order chi connectivity index (χ0) is 17.2. The molecule has 0 saturated carbocycles. The lowest BCUT2D eigenvalue weighted by atomic mass is 10.1. The number of amides is 1. The van der Waals surface area contributed by atoms with Crippen molar-refractivity contribution in [2.45, 2.75) is 25.5 Å². The molecule has 7 heteroatoms. The van der Waals surface area contributed by atoms with E-state index in [1.165, 1.54) is 0 Å². The van der Waals surface area contributed by atoms with Gasteiger partial charge in [-0.15, -0.1) is 0 Å². The van der Waals surface area contributed by atoms with E-state index in [2.05, 4.69) is 9.88 Å². The number of nitrogens with zero attached hydrogens (tertiary/aromatic N) is 4. The molecule has 1 amide bonds. The summed E-state index contributed by atoms with van der Waals surface area (Å²) in [6.07, 6.45) is 3.49. The molecule has 134 valence electrons. The maximum absolute atomic E-state index is 13.0. The van der Waals surface area contributed by atoms with Crippen molar-refractivity contribution in [3.05, 3.63) is 35.8 Å². The fourth-order valence-corrected chi connectivity index (χ4v) is 3.67. The average Bonchev–Trinajstić information content (AvgIpc) is 3.00. The Labute approximate surface area is 146 Å². The van der Waals surface area contributed by atoms with Gasteiger partial charge in [0.05, 0.1) is 25.0 Å². The van der Waals surface area contributed by atoms with Gasteiger partial charge in [0.25, 0.3) is 5.91 Å². The van der Waals surface area contributed by atoms with Gasteiger partial charge in [-0.05, 0) is 31.5 Å². The van der Waals surface area contributed by atoms with Crippen LogP contribution in [-0.4, -0.2) is 75.7 Å². The van der Waals surface area contributed by atoms with Crippen LogP contribution >= 0.6 is 0 Å². The molecule has 2 aliphatic rings. The fourth-order valence-electron chi connectivity index (χ4n) is 3.67. The first-order valence-corrected chi connectivity index (χ1v) is 8.96. The van der Waals surface area contributed by atoms with Gasteiger partial charge in [-0.1, -0.05) is 6.07 Å². The van der Waals surface area contributed by atoms with Crippen LogP contribution in [-0.2, 0) is 11.3 Å². The van der Waals surface area contributed by atoms with Crippen LogP contribution < -0.4 is 0 Å². The summed E-state index contributed by atoms with van der Waals surface area (Å²) in [5, 5.41) is 9.95. The van der Waals surface area contributed by atoms with E-state index in [4.69, 9.17) is 4.74 Å². The SMILES string of the molecule is O=C(c1nc2ccccn2c1CN1CCC[C@H](O)C1)N1CCOCC1. The summed E-state index contributed by atoms with van der Waals surface area (Å²) in [6.45, 7) is 4.56. The van der Waals surface area contributed by atoms with E-state index in [1.807, 2.05) is 33.7 Å². The van der Waals surface area contributed by atoms with Gasteiger partial charge in [-0.2, -0.15) is 0 Å². The van der Waals surface area contributed by atoms with Crippen LogP contribution in [0.15, 0.2) is 24.4 Å². The number of imidazole rings is 1. The number of aliphatic hydroxyl groups is 1. The monoisotopic (exact) mass is 344 g/mol. The van der Waals surface area contributed by atoms with Crippen molar-refractivity contribution in [1.82, 2.24) is 19.2 Å². The van der Waals surface area contributed by atoms with Crippen molar-refractivity contribution in [2.24, 2.45) is 0 Å². The van der Waals surface area contributed by atoms with Gasteiger partial charge in [0.2, 0.25) is 0 Å². The summed E-state index contributed by atoms with van der Waals surface area (Å²) in [6, 6.07) is 5.80. The maximum Gasteiger partial charge on any atom is 0.274 e. The zero-order valence-corrected chi connectivity index (χ0v) is 14.3. The van der Waals surface area contributed by atoms with Gasteiger partial charge in [0.1, 0.15) is 5.65 Å². The molecule has 4 rings (SSSR count). The maximum atomic E-state index is 13.0. The normalized spacial score (nSPS) is 22.4. The molecule has 2 aromatic heterocycles. The second-order valence-corrected chi connectivity index (χ2v) is 6.77. The van der Waals surface area contributed by atoms with Gasteiger partial charge in [0.15, 0.2) is 5.69 Å². The quantitative estimate of drug-likeness (QED) is 0.890. The number of β-amino-alcohol motifs (C(OH)–C–C–N with tert-alkyl or cyclic N) is 1. The molecule has 2 aliphatic heterocycles. The molecule has 0 aromatic carbocycles. The van der Waals surface area contributed by atoms with E-state index in [1.54, 1.807) is 0 Å². The minimum atomic E-state index is -0.286. The van der Waals surface area contributed by atoms with Crippen LogP contribution in [0.3, 0.4) is 0 Å². The zero-order valence-electron chi connectivity index (χ0n) is 14.3. The van der Waals surface area contributed by atoms with Gasteiger partial charge in [-0.3, -0.25) is 9.69 Å². The van der Waals surface area contributed by atoms with E-state index < -0.39 is 0 Å². The van der Waals surface area contributed by atoms with Gasteiger partial charge < -0.3 is 19.1 Å². The summed E-state index contributed by atoms with van der Waals surface area (Å²) in [7, 11) is 0. The molecular formula is C18H24N4O3. The number of hydrogen-bond acceptors (Lipinski definition) is 5. The van der Waals surface area contributed by atoms with Crippen molar-refractivity contribution in [3.63, 3.8) is 0 Å². The number of aliphatic hydroxyl groups excluding tert-OH is 1. The molecule has 0 unspecified atom stereocenters. The van der Waals surface area contributed by atoms with Crippen molar-refractivity contribution in [3.8, 4) is 0 Å². The largest absolute Gasteiger partial charge is 0.392 e. The number of carbonyl (C=O) groups is 1. The molecule has 2 fully saturated rings. The minimum Gasteiger partial charge on any atom is -0.392 e. The van der Waals surface area contributed by atoms with Crippen LogP contribution in [0.1, 0.15) is 29.0 Å². The first-order valence-electron chi connectivity index (χ1n) is 8.96. The highest BCUT2D eigenvalue weighted by Crippen LogP contribution is 2.20. The van der Waals surface area contributed by atoms with Crippen molar-refractivity contribution in [1.29, 1.82) is 0 Å². The van der Waals surface area contributed by atoms with Crippen LogP contribution in [0.25, 0.3) is 5.65 Å². The lowest BCUT2D eigenvalue weighted by Gasteiger charge is -2.30. The Morgan fingerprint density at radius 1 is 1.28 bits per heavy atom. The van der Waals surface area contributed by atoms with Crippen LogP contribution in [0, 0.1) is 0 Å². The Balaban J connectivity index is 1.66. The van der Waals surface area contributed by atoms with E-state index in [0.29, 0.717) is 45.1 Å². The predicted molar refractivity (Wildman–Crippen MR) is 92.4 cm³/mol. The molecule has 0 radical (unpaired) electrons. The molecule has 0 aliphatic carbocycles. The topological polar surface area (TPSA) is 70.3 Å². The van der Waals surface area contributed by atoms with E-state index in [9.17, 15) is 9.90 Å². The molecular weight excluding hydrogens is 320 g/mol. The summed E-state index contributed by atoms with van der Waals surface area (Å²) in [5.74, 6) is -0.0282.